The lowest BCUT2D eigenvalue weighted by atomic mass is 10.1. The molecular weight excluding hydrogens is 334 g/mol. The molecule has 0 aromatic heterocycles. The Hall–Kier alpha value is -2.27. The molecule has 25 heavy (non-hydrogen) atoms. The van der Waals surface area contributed by atoms with Crippen molar-refractivity contribution in [1.29, 1.82) is 0 Å². The molecule has 0 unspecified atom stereocenters. The van der Waals surface area contributed by atoms with Crippen LogP contribution in [0, 0.1) is 13.8 Å². The normalized spacial score (nSPS) is 10.5. The summed E-state index contributed by atoms with van der Waals surface area (Å²) < 4.78 is 0. The lowest BCUT2D eigenvalue weighted by Crippen LogP contribution is -2.29. The van der Waals surface area contributed by atoms with Gasteiger partial charge in [-0.2, -0.15) is 0 Å². The number of aliphatic carboxylic acids is 1. The Balaban J connectivity index is 2.03. The van der Waals surface area contributed by atoms with Crippen LogP contribution in [0.5, 0.6) is 0 Å². The second-order valence-corrected chi connectivity index (χ2v) is 7.15. The van der Waals surface area contributed by atoms with E-state index in [1.54, 1.807) is 24.9 Å². The van der Waals surface area contributed by atoms with Gasteiger partial charge < -0.3 is 10.0 Å². The Morgan fingerprint density at radius 2 is 1.88 bits per heavy atom. The van der Waals surface area contributed by atoms with Crippen molar-refractivity contribution in [3.63, 3.8) is 0 Å². The summed E-state index contributed by atoms with van der Waals surface area (Å²) in [6.07, 6.45) is -0.0511. The fraction of sp³-hybridized carbons (Fsp3) is 0.300. The number of nitrogens with zero attached hydrogens (tertiary/aromatic N) is 1. The quantitative estimate of drug-likeness (QED) is 0.757. The topological polar surface area (TPSA) is 57.6 Å². The van der Waals surface area contributed by atoms with Crippen molar-refractivity contribution in [2.24, 2.45) is 0 Å². The van der Waals surface area contributed by atoms with Gasteiger partial charge in [-0.3, -0.25) is 9.59 Å². The van der Waals surface area contributed by atoms with Crippen molar-refractivity contribution in [2.45, 2.75) is 30.9 Å². The van der Waals surface area contributed by atoms with Crippen molar-refractivity contribution < 1.29 is 14.7 Å². The zero-order valence-electron chi connectivity index (χ0n) is 14.8. The summed E-state index contributed by atoms with van der Waals surface area (Å²) in [6.45, 7) is 4.39. The minimum absolute atomic E-state index is 0.0511. The van der Waals surface area contributed by atoms with E-state index in [2.05, 4.69) is 32.0 Å². The smallest absolute Gasteiger partial charge is 0.305 e. The van der Waals surface area contributed by atoms with Crippen LogP contribution in [0.3, 0.4) is 0 Å². The number of carboxylic acid groups (broad SMARTS) is 1. The number of thioether (sulfide) groups is 1. The largest absolute Gasteiger partial charge is 0.481 e. The maximum atomic E-state index is 12.4. The molecule has 132 valence electrons. The number of amides is 1. The molecule has 2 rings (SSSR count). The van der Waals surface area contributed by atoms with Gasteiger partial charge >= 0.3 is 5.97 Å². The molecule has 0 atom stereocenters. The van der Waals surface area contributed by atoms with Gasteiger partial charge in [0.2, 0.25) is 0 Å². The predicted octanol–water partition coefficient (Wildman–Crippen LogP) is 4.14. The maximum absolute atomic E-state index is 12.4. The summed E-state index contributed by atoms with van der Waals surface area (Å²) >= 11 is 1.75. The second kappa shape index (κ2) is 8.72. The first kappa shape index (κ1) is 19.1. The molecule has 0 aliphatic rings. The summed E-state index contributed by atoms with van der Waals surface area (Å²) in [4.78, 5) is 25.7. The molecule has 0 spiro atoms. The van der Waals surface area contributed by atoms with E-state index in [0.717, 1.165) is 11.3 Å². The van der Waals surface area contributed by atoms with Gasteiger partial charge in [0, 0.05) is 29.8 Å². The van der Waals surface area contributed by atoms with E-state index in [4.69, 9.17) is 5.11 Å². The second-order valence-electron chi connectivity index (χ2n) is 6.13. The van der Waals surface area contributed by atoms with Crippen molar-refractivity contribution >= 4 is 23.6 Å². The molecule has 0 aliphatic heterocycles. The number of carbonyl (C=O) groups excluding carboxylic acids is 1. The van der Waals surface area contributed by atoms with E-state index in [9.17, 15) is 9.59 Å². The number of rotatable bonds is 7. The summed E-state index contributed by atoms with van der Waals surface area (Å²) in [5.41, 5.74) is 4.17. The van der Waals surface area contributed by atoms with E-state index in [0.29, 0.717) is 5.56 Å². The molecule has 0 saturated heterocycles. The average Bonchev–Trinajstić information content (AvgIpc) is 2.58. The van der Waals surface area contributed by atoms with E-state index < -0.39 is 5.97 Å². The molecule has 1 amide bonds. The third kappa shape index (κ3) is 5.64. The van der Waals surface area contributed by atoms with E-state index in [-0.39, 0.29) is 18.9 Å². The molecule has 0 radical (unpaired) electrons. The van der Waals surface area contributed by atoms with Crippen LogP contribution in [0.4, 0.5) is 0 Å². The number of benzene rings is 2. The summed E-state index contributed by atoms with van der Waals surface area (Å²) in [6, 6.07) is 13.9. The monoisotopic (exact) mass is 357 g/mol. The number of hydrogen-bond acceptors (Lipinski definition) is 3. The molecule has 2 aromatic rings. The van der Waals surface area contributed by atoms with Gasteiger partial charge in [-0.05, 0) is 43.2 Å². The first-order valence-electron chi connectivity index (χ1n) is 8.13. The lowest BCUT2D eigenvalue weighted by molar-refractivity contribution is -0.137. The lowest BCUT2D eigenvalue weighted by Gasteiger charge is -2.16. The standard InChI is InChI=1S/C20H23NO3S/c1-14-7-8-18(15(2)11-14)25-13-16-5-4-6-17(12-16)20(24)21(3)10-9-19(22)23/h4-8,11-12H,9-10,13H2,1-3H3,(H,22,23). The molecule has 0 bridgehead atoms. The third-order valence-corrected chi connectivity index (χ3v) is 5.15. The van der Waals surface area contributed by atoms with E-state index >= 15 is 0 Å². The zero-order valence-corrected chi connectivity index (χ0v) is 15.6. The first-order chi connectivity index (χ1) is 11.9. The summed E-state index contributed by atoms with van der Waals surface area (Å²) in [5, 5.41) is 8.74. The van der Waals surface area contributed by atoms with Crippen molar-refractivity contribution in [3.05, 3.63) is 64.7 Å². The highest BCUT2D eigenvalue weighted by molar-refractivity contribution is 7.98. The predicted molar refractivity (Wildman–Crippen MR) is 101 cm³/mol. The van der Waals surface area contributed by atoms with Crippen LogP contribution >= 0.6 is 11.8 Å². The SMILES string of the molecule is Cc1ccc(SCc2cccc(C(=O)N(C)CCC(=O)O)c2)c(C)c1. The minimum atomic E-state index is -0.904. The van der Waals surface area contributed by atoms with Crippen molar-refractivity contribution in [1.82, 2.24) is 4.90 Å². The molecule has 1 N–H and O–H groups in total. The molecule has 0 fully saturated rings. The average molecular weight is 357 g/mol. The first-order valence-corrected chi connectivity index (χ1v) is 9.11. The summed E-state index contributed by atoms with van der Waals surface area (Å²) in [7, 11) is 1.63. The molecule has 0 saturated carbocycles. The highest BCUT2D eigenvalue weighted by Crippen LogP contribution is 2.27. The zero-order chi connectivity index (χ0) is 18.4. The van der Waals surface area contributed by atoms with Crippen molar-refractivity contribution in [2.75, 3.05) is 13.6 Å². The van der Waals surface area contributed by atoms with Crippen LogP contribution in [0.25, 0.3) is 0 Å². The van der Waals surface area contributed by atoms with Gasteiger partial charge in [0.05, 0.1) is 6.42 Å². The third-order valence-electron chi connectivity index (χ3n) is 3.91. The molecule has 4 nitrogen and oxygen atoms in total. The fourth-order valence-electron chi connectivity index (χ4n) is 2.50. The molecular formula is C20H23NO3S. The Morgan fingerprint density at radius 1 is 1.12 bits per heavy atom. The van der Waals surface area contributed by atoms with Crippen LogP contribution in [0.2, 0.25) is 0 Å². The van der Waals surface area contributed by atoms with Crippen molar-refractivity contribution in [3.8, 4) is 0 Å². The van der Waals surface area contributed by atoms with Gasteiger partial charge in [0.25, 0.3) is 5.91 Å². The molecule has 0 aliphatic carbocycles. The Kier molecular flexibility index (Phi) is 6.65. The van der Waals surface area contributed by atoms with Gasteiger partial charge in [-0.25, -0.2) is 0 Å². The Labute approximate surface area is 152 Å². The minimum Gasteiger partial charge on any atom is -0.481 e. The number of aryl methyl sites for hydroxylation is 2. The Morgan fingerprint density at radius 3 is 2.56 bits per heavy atom. The van der Waals surface area contributed by atoms with Crippen LogP contribution in [0.1, 0.15) is 33.5 Å². The highest BCUT2D eigenvalue weighted by Gasteiger charge is 2.13. The van der Waals surface area contributed by atoms with E-state index in [1.165, 1.54) is 20.9 Å². The molecule has 5 heteroatoms. The van der Waals surface area contributed by atoms with E-state index in [1.807, 2.05) is 18.2 Å². The van der Waals surface area contributed by atoms with Gasteiger partial charge in [0.15, 0.2) is 0 Å². The fourth-order valence-corrected chi connectivity index (χ4v) is 3.45. The molecule has 0 heterocycles. The molecule has 2 aromatic carbocycles. The van der Waals surface area contributed by atoms with Crippen LogP contribution in [-0.4, -0.2) is 35.5 Å². The van der Waals surface area contributed by atoms with Gasteiger partial charge in [-0.15, -0.1) is 11.8 Å². The maximum Gasteiger partial charge on any atom is 0.305 e. The van der Waals surface area contributed by atoms with Crippen LogP contribution in [0.15, 0.2) is 47.4 Å². The van der Waals surface area contributed by atoms with Gasteiger partial charge in [-0.1, -0.05) is 29.8 Å². The van der Waals surface area contributed by atoms with Crippen LogP contribution < -0.4 is 0 Å². The number of carbonyl (C=O) groups is 2. The highest BCUT2D eigenvalue weighted by atomic mass is 32.2. The summed E-state index contributed by atoms with van der Waals surface area (Å²) in [5.74, 6) is -0.276. The number of carboxylic acids is 1. The van der Waals surface area contributed by atoms with Crippen LogP contribution in [-0.2, 0) is 10.5 Å². The van der Waals surface area contributed by atoms with Gasteiger partial charge in [0.1, 0.15) is 0 Å². The number of hydrogen-bond donors (Lipinski definition) is 1. The Bertz CT molecular complexity index is 773.